The number of rotatable bonds is 4. The van der Waals surface area contributed by atoms with Gasteiger partial charge in [-0.3, -0.25) is 0 Å². The Labute approximate surface area is 350 Å². The summed E-state index contributed by atoms with van der Waals surface area (Å²) >= 11 is 1.93. The van der Waals surface area contributed by atoms with Crippen LogP contribution in [0.5, 0.6) is 0 Å². The van der Waals surface area contributed by atoms with E-state index in [0.29, 0.717) is 0 Å². The highest BCUT2D eigenvalue weighted by Gasteiger charge is 2.47. The van der Waals surface area contributed by atoms with E-state index in [0.717, 1.165) is 12.0 Å². The minimum absolute atomic E-state index is 0.410. The molecule has 0 amide bonds. The Bertz CT molecular complexity index is 3130. The zero-order valence-electron chi connectivity index (χ0n) is 33.3. The van der Waals surface area contributed by atoms with Crippen LogP contribution in [0, 0.1) is 13.8 Å². The van der Waals surface area contributed by atoms with E-state index < -0.39 is 5.41 Å². The molecule has 0 fully saturated rings. The zero-order chi connectivity index (χ0) is 39.7. The minimum atomic E-state index is -0.410. The van der Waals surface area contributed by atoms with E-state index in [9.17, 15) is 0 Å². The molecule has 1 atom stereocenters. The number of fused-ring (bicyclic) bond motifs is 9. The Hall–Kier alpha value is -6.80. The summed E-state index contributed by atoms with van der Waals surface area (Å²) in [6.07, 6.45) is 9.81. The molecule has 0 nitrogen and oxygen atoms in total. The predicted molar refractivity (Wildman–Crippen MR) is 254 cm³/mol. The number of thiophene rings is 1. The maximum absolute atomic E-state index is 4.86. The lowest BCUT2D eigenvalue weighted by atomic mass is 9.67. The van der Waals surface area contributed by atoms with Crippen LogP contribution in [0.1, 0.15) is 39.8 Å². The largest absolute Gasteiger partial charge is 0.135 e. The van der Waals surface area contributed by atoms with Crippen molar-refractivity contribution in [2.24, 2.45) is 0 Å². The molecule has 280 valence electrons. The molecule has 0 radical (unpaired) electrons. The van der Waals surface area contributed by atoms with Gasteiger partial charge in [0.15, 0.2) is 0 Å². The standard InChI is InChI=1S/C58H42S/c1-37-23-27-40(28-24-37)41-31-33-43(34-32-41)55-44-15-6-8-17-46(44)56(47-18-9-7-16-45(47)55)49-20-13-22-51-54(49)39(3)14-5-4-12-35-58(51)50-21-11-10-19-48(50)57-52(58)36-53(59-57)42-29-25-38(2)26-30-42/h4-34,36H,3,35H2,1-2H3/b12-4-,14-5-. The topological polar surface area (TPSA) is 0 Å². The number of hydrogen-bond acceptors (Lipinski definition) is 1. The number of allylic oxidation sites excluding steroid dienone is 5. The Morgan fingerprint density at radius 3 is 1.64 bits per heavy atom. The van der Waals surface area contributed by atoms with E-state index in [1.54, 1.807) is 0 Å². The average Bonchev–Trinajstić information content (AvgIpc) is 3.84. The Balaban J connectivity index is 1.17. The van der Waals surface area contributed by atoms with Crippen molar-refractivity contribution in [1.82, 2.24) is 0 Å². The monoisotopic (exact) mass is 770 g/mol. The van der Waals surface area contributed by atoms with Gasteiger partial charge in [-0.15, -0.1) is 11.3 Å². The van der Waals surface area contributed by atoms with E-state index in [4.69, 9.17) is 6.58 Å². The molecule has 1 unspecified atom stereocenters. The third-order valence-electron chi connectivity index (χ3n) is 12.7. The van der Waals surface area contributed by atoms with E-state index in [1.165, 1.54) is 109 Å². The van der Waals surface area contributed by atoms with Gasteiger partial charge in [-0.2, -0.15) is 0 Å². The third kappa shape index (κ3) is 5.57. The van der Waals surface area contributed by atoms with E-state index in [-0.39, 0.29) is 0 Å². The van der Waals surface area contributed by atoms with Gasteiger partial charge in [0.1, 0.15) is 0 Å². The minimum Gasteiger partial charge on any atom is -0.135 e. The normalized spacial score (nSPS) is 16.6. The van der Waals surface area contributed by atoms with E-state index in [2.05, 4.69) is 208 Å². The molecule has 0 bridgehead atoms. The Morgan fingerprint density at radius 1 is 0.458 bits per heavy atom. The summed E-state index contributed by atoms with van der Waals surface area (Å²) in [5, 5.41) is 4.98. The predicted octanol–water partition coefficient (Wildman–Crippen LogP) is 16.2. The lowest BCUT2D eigenvalue weighted by Crippen LogP contribution is -2.27. The zero-order valence-corrected chi connectivity index (χ0v) is 34.1. The summed E-state index contributed by atoms with van der Waals surface area (Å²) in [6.45, 7) is 9.16. The van der Waals surface area contributed by atoms with Crippen LogP contribution in [0.4, 0.5) is 0 Å². The van der Waals surface area contributed by atoms with E-state index >= 15 is 0 Å². The summed E-state index contributed by atoms with van der Waals surface area (Å²) in [4.78, 5) is 2.68. The van der Waals surface area contributed by atoms with Crippen LogP contribution in [-0.4, -0.2) is 0 Å². The Kier molecular flexibility index (Phi) is 8.36. The molecule has 1 heterocycles. The first-order chi connectivity index (χ1) is 29.0. The summed E-state index contributed by atoms with van der Waals surface area (Å²) < 4.78 is 0. The van der Waals surface area contributed by atoms with Crippen LogP contribution in [0.3, 0.4) is 0 Å². The van der Waals surface area contributed by atoms with Crippen LogP contribution in [0.15, 0.2) is 201 Å². The molecule has 0 aliphatic heterocycles. The molecule has 1 heteroatoms. The van der Waals surface area contributed by atoms with Gasteiger partial charge in [-0.25, -0.2) is 0 Å². The van der Waals surface area contributed by atoms with Crippen LogP contribution in [-0.2, 0) is 5.41 Å². The lowest BCUT2D eigenvalue weighted by Gasteiger charge is -2.34. The van der Waals surface area contributed by atoms with Crippen LogP contribution in [0.25, 0.3) is 81.4 Å². The molecule has 0 saturated carbocycles. The van der Waals surface area contributed by atoms with Gasteiger partial charge in [0.25, 0.3) is 0 Å². The summed E-state index contributed by atoms with van der Waals surface area (Å²) in [5.74, 6) is 0. The highest BCUT2D eigenvalue weighted by atomic mass is 32.1. The Morgan fingerprint density at radius 2 is 0.983 bits per heavy atom. The fraction of sp³-hybridized carbons (Fsp3) is 0.0690. The quantitative estimate of drug-likeness (QED) is 0.156. The first-order valence-electron chi connectivity index (χ1n) is 20.6. The summed E-state index contributed by atoms with van der Waals surface area (Å²) in [7, 11) is 0. The first-order valence-corrected chi connectivity index (χ1v) is 21.4. The third-order valence-corrected chi connectivity index (χ3v) is 14.0. The van der Waals surface area contributed by atoms with Crippen molar-refractivity contribution in [3.05, 3.63) is 234 Å². The van der Waals surface area contributed by atoms with Gasteiger partial charge in [0.05, 0.1) is 5.41 Å². The van der Waals surface area contributed by atoms with E-state index in [1.807, 2.05) is 11.3 Å². The molecule has 59 heavy (non-hydrogen) atoms. The maximum Gasteiger partial charge on any atom is 0.0513 e. The highest BCUT2D eigenvalue weighted by molar-refractivity contribution is 7.19. The second-order valence-corrected chi connectivity index (χ2v) is 17.3. The van der Waals surface area contributed by atoms with Gasteiger partial charge in [-0.05, 0) is 120 Å². The molecule has 0 N–H and O–H groups in total. The molecule has 2 aliphatic rings. The van der Waals surface area contributed by atoms with Crippen LogP contribution >= 0.6 is 11.3 Å². The molecule has 0 saturated heterocycles. The molecule has 9 aromatic rings. The average molecular weight is 771 g/mol. The fourth-order valence-electron chi connectivity index (χ4n) is 9.93. The second-order valence-electron chi connectivity index (χ2n) is 16.2. The second kappa shape index (κ2) is 13.9. The number of benzene rings is 8. The molecule has 8 aromatic carbocycles. The summed E-state index contributed by atoms with van der Waals surface area (Å²) in [6, 6.07) is 63.6. The molecule has 2 aliphatic carbocycles. The summed E-state index contributed by atoms with van der Waals surface area (Å²) in [5.41, 5.74) is 18.4. The van der Waals surface area contributed by atoms with Crippen LogP contribution in [0.2, 0.25) is 0 Å². The van der Waals surface area contributed by atoms with Crippen molar-refractivity contribution < 1.29 is 0 Å². The van der Waals surface area contributed by atoms with Crippen LogP contribution < -0.4 is 0 Å². The molecular weight excluding hydrogens is 729 g/mol. The van der Waals surface area contributed by atoms with Crippen molar-refractivity contribution in [3.63, 3.8) is 0 Å². The van der Waals surface area contributed by atoms with Crippen molar-refractivity contribution in [1.29, 1.82) is 0 Å². The van der Waals surface area contributed by atoms with Crippen molar-refractivity contribution >= 4 is 38.5 Å². The fourth-order valence-corrected chi connectivity index (χ4v) is 11.2. The van der Waals surface area contributed by atoms with Gasteiger partial charge in [-0.1, -0.05) is 206 Å². The van der Waals surface area contributed by atoms with Crippen molar-refractivity contribution in [3.8, 4) is 54.3 Å². The maximum atomic E-state index is 4.86. The number of hydrogen-bond donors (Lipinski definition) is 0. The van der Waals surface area contributed by atoms with Crippen molar-refractivity contribution in [2.75, 3.05) is 0 Å². The lowest BCUT2D eigenvalue weighted by molar-refractivity contribution is 0.645. The van der Waals surface area contributed by atoms with Crippen molar-refractivity contribution in [2.45, 2.75) is 25.7 Å². The molecule has 11 rings (SSSR count). The SMILES string of the molecule is C=C1/C=C\C=C/CC2(c3ccccc3-c3sc(-c4ccc(C)cc4)cc32)c2cccc(-c3c4ccccc4c(-c4ccc(-c5ccc(C)cc5)cc4)c4ccccc34)c21. The molecular formula is C58H42S. The highest BCUT2D eigenvalue weighted by Crippen LogP contribution is 2.60. The van der Waals surface area contributed by atoms with Gasteiger partial charge in [0, 0.05) is 9.75 Å². The first kappa shape index (κ1) is 35.4. The molecule has 1 aromatic heterocycles. The smallest absolute Gasteiger partial charge is 0.0513 e. The van der Waals surface area contributed by atoms with Gasteiger partial charge >= 0.3 is 0 Å². The molecule has 1 spiro atoms. The number of aryl methyl sites for hydroxylation is 2. The van der Waals surface area contributed by atoms with Gasteiger partial charge < -0.3 is 0 Å². The van der Waals surface area contributed by atoms with Gasteiger partial charge in [0.2, 0.25) is 0 Å².